The van der Waals surface area contributed by atoms with Crippen molar-refractivity contribution in [3.05, 3.63) is 11.6 Å². The van der Waals surface area contributed by atoms with Crippen molar-refractivity contribution in [1.29, 1.82) is 0 Å². The summed E-state index contributed by atoms with van der Waals surface area (Å²) in [5.74, 6) is 1.22. The van der Waals surface area contributed by atoms with Crippen molar-refractivity contribution in [2.45, 2.75) is 38.1 Å². The molecule has 0 bridgehead atoms. The summed E-state index contributed by atoms with van der Waals surface area (Å²) in [5, 5.41) is 9.58. The van der Waals surface area contributed by atoms with E-state index in [0.717, 1.165) is 18.7 Å². The number of nitrogens with zero attached hydrogens (tertiary/aromatic N) is 2. The Hall–Kier alpha value is -1.43. The average Bonchev–Trinajstić information content (AvgIpc) is 2.95. The van der Waals surface area contributed by atoms with Gasteiger partial charge in [0.05, 0.1) is 12.1 Å². The first kappa shape index (κ1) is 12.0. The molecule has 1 heterocycles. The van der Waals surface area contributed by atoms with Crippen LogP contribution in [0.4, 0.5) is 0 Å². The van der Waals surface area contributed by atoms with Gasteiger partial charge in [-0.2, -0.15) is 0 Å². The van der Waals surface area contributed by atoms with E-state index in [1.165, 1.54) is 0 Å². The highest BCUT2D eigenvalue weighted by Crippen LogP contribution is 2.37. The summed E-state index contributed by atoms with van der Waals surface area (Å²) in [6.07, 6.45) is 2.26. The van der Waals surface area contributed by atoms with E-state index in [1.807, 2.05) is 13.8 Å². The topological polar surface area (TPSA) is 79.9 Å². The van der Waals surface area contributed by atoms with Crippen LogP contribution >= 0.6 is 0 Å². The van der Waals surface area contributed by atoms with Gasteiger partial charge < -0.3 is 10.1 Å². The van der Waals surface area contributed by atoms with Crippen LogP contribution in [0.1, 0.15) is 49.1 Å². The Morgan fingerprint density at radius 2 is 2.29 bits per heavy atom. The molecule has 2 N–H and O–H groups in total. The summed E-state index contributed by atoms with van der Waals surface area (Å²) in [6, 6.07) is 0. The van der Waals surface area contributed by atoms with E-state index in [9.17, 15) is 4.79 Å². The summed E-state index contributed by atoms with van der Waals surface area (Å²) < 4.78 is 5.03. The van der Waals surface area contributed by atoms with E-state index < -0.39 is 5.54 Å². The number of nitrogens with one attached hydrogen (secondary N) is 2. The van der Waals surface area contributed by atoms with Gasteiger partial charge in [0.1, 0.15) is 5.82 Å². The highest BCUT2D eigenvalue weighted by atomic mass is 16.5. The van der Waals surface area contributed by atoms with Crippen LogP contribution in [0, 0.1) is 0 Å². The predicted octanol–water partition coefficient (Wildman–Crippen LogP) is 0.837. The highest BCUT2D eigenvalue weighted by molar-refractivity contribution is 5.90. The van der Waals surface area contributed by atoms with Crippen LogP contribution in [0.25, 0.3) is 0 Å². The molecule has 0 radical (unpaired) electrons. The van der Waals surface area contributed by atoms with E-state index in [2.05, 4.69) is 20.5 Å². The molecule has 6 heteroatoms. The molecule has 0 atom stereocenters. The summed E-state index contributed by atoms with van der Waals surface area (Å²) in [5.41, 5.74) is -0.424. The van der Waals surface area contributed by atoms with Crippen molar-refractivity contribution in [2.75, 3.05) is 13.7 Å². The SMILES string of the molecule is COCC(C)(C)NC(=O)c1n[nH]c(C2CC2)n1. The van der Waals surface area contributed by atoms with Gasteiger partial charge in [-0.25, -0.2) is 4.98 Å². The number of methoxy groups -OCH3 is 1. The molecule has 0 aliphatic heterocycles. The molecule has 0 spiro atoms. The molecule has 0 saturated heterocycles. The van der Waals surface area contributed by atoms with Gasteiger partial charge in [0.15, 0.2) is 0 Å². The maximum absolute atomic E-state index is 11.9. The fraction of sp³-hybridized carbons (Fsp3) is 0.727. The molecular weight excluding hydrogens is 220 g/mol. The van der Waals surface area contributed by atoms with Crippen molar-refractivity contribution < 1.29 is 9.53 Å². The van der Waals surface area contributed by atoms with Crippen LogP contribution in [0.15, 0.2) is 0 Å². The van der Waals surface area contributed by atoms with Crippen LogP contribution < -0.4 is 5.32 Å². The Bertz CT molecular complexity index is 409. The number of hydrogen-bond acceptors (Lipinski definition) is 4. The van der Waals surface area contributed by atoms with Gasteiger partial charge in [0.2, 0.25) is 5.82 Å². The number of rotatable bonds is 5. The third-order valence-electron chi connectivity index (χ3n) is 2.63. The number of carbonyl (C=O) groups is 1. The van der Waals surface area contributed by atoms with E-state index >= 15 is 0 Å². The van der Waals surface area contributed by atoms with Crippen molar-refractivity contribution in [2.24, 2.45) is 0 Å². The van der Waals surface area contributed by atoms with Crippen LogP contribution in [-0.4, -0.2) is 40.3 Å². The highest BCUT2D eigenvalue weighted by Gasteiger charge is 2.29. The smallest absolute Gasteiger partial charge is 0.291 e. The van der Waals surface area contributed by atoms with Crippen LogP contribution in [0.3, 0.4) is 0 Å². The number of carbonyl (C=O) groups excluding carboxylic acids is 1. The normalized spacial score (nSPS) is 15.9. The summed E-state index contributed by atoms with van der Waals surface area (Å²) in [4.78, 5) is 16.1. The number of hydrogen-bond donors (Lipinski definition) is 2. The second kappa shape index (κ2) is 4.44. The second-order valence-corrected chi connectivity index (χ2v) is 5.09. The molecule has 1 aliphatic rings. The number of H-pyrrole nitrogens is 1. The number of aromatic nitrogens is 3. The van der Waals surface area contributed by atoms with Gasteiger partial charge in [-0.15, -0.1) is 5.10 Å². The monoisotopic (exact) mass is 238 g/mol. The first-order valence-electron chi connectivity index (χ1n) is 5.75. The number of aromatic amines is 1. The number of amides is 1. The zero-order valence-corrected chi connectivity index (χ0v) is 10.4. The van der Waals surface area contributed by atoms with Crippen molar-refractivity contribution in [1.82, 2.24) is 20.5 Å². The Labute approximate surface area is 100 Å². The Kier molecular flexibility index (Phi) is 3.15. The van der Waals surface area contributed by atoms with E-state index in [-0.39, 0.29) is 11.7 Å². The minimum atomic E-state index is -0.424. The van der Waals surface area contributed by atoms with Gasteiger partial charge in [-0.1, -0.05) is 0 Å². The molecule has 2 rings (SSSR count). The fourth-order valence-corrected chi connectivity index (χ4v) is 1.68. The van der Waals surface area contributed by atoms with Crippen molar-refractivity contribution in [3.63, 3.8) is 0 Å². The molecule has 1 aliphatic carbocycles. The molecule has 0 aromatic carbocycles. The summed E-state index contributed by atoms with van der Waals surface area (Å²) in [7, 11) is 1.60. The lowest BCUT2D eigenvalue weighted by Gasteiger charge is -2.24. The van der Waals surface area contributed by atoms with Crippen LogP contribution in [0.5, 0.6) is 0 Å². The lowest BCUT2D eigenvalue weighted by atomic mass is 10.1. The third kappa shape index (κ3) is 3.03. The maximum atomic E-state index is 11.9. The van der Waals surface area contributed by atoms with Crippen molar-refractivity contribution in [3.8, 4) is 0 Å². The van der Waals surface area contributed by atoms with E-state index in [0.29, 0.717) is 12.5 Å². The molecule has 1 saturated carbocycles. The molecule has 1 aromatic rings. The fourth-order valence-electron chi connectivity index (χ4n) is 1.68. The molecule has 1 amide bonds. The Morgan fingerprint density at radius 3 is 2.88 bits per heavy atom. The van der Waals surface area contributed by atoms with Crippen molar-refractivity contribution >= 4 is 5.91 Å². The van der Waals surface area contributed by atoms with Gasteiger partial charge >= 0.3 is 0 Å². The molecule has 0 unspecified atom stereocenters. The molecule has 6 nitrogen and oxygen atoms in total. The Balaban J connectivity index is 1.98. The first-order chi connectivity index (χ1) is 8.02. The first-order valence-corrected chi connectivity index (χ1v) is 5.75. The minimum absolute atomic E-state index is 0.205. The zero-order valence-electron chi connectivity index (χ0n) is 10.4. The van der Waals surface area contributed by atoms with Gasteiger partial charge in [0.25, 0.3) is 5.91 Å². The predicted molar refractivity (Wildman–Crippen MR) is 61.8 cm³/mol. The largest absolute Gasteiger partial charge is 0.382 e. The van der Waals surface area contributed by atoms with Gasteiger partial charge in [-0.3, -0.25) is 9.89 Å². The molecule has 1 fully saturated rings. The molecular formula is C11H18N4O2. The van der Waals surface area contributed by atoms with Gasteiger partial charge in [-0.05, 0) is 26.7 Å². The Morgan fingerprint density at radius 1 is 1.59 bits per heavy atom. The van der Waals surface area contributed by atoms with E-state index in [4.69, 9.17) is 4.74 Å². The standard InChI is InChI=1S/C11H18N4O2/c1-11(2,6-17-3)13-10(16)9-12-8(14-15-9)7-4-5-7/h7H,4-6H2,1-3H3,(H,13,16)(H,12,14,15). The lowest BCUT2D eigenvalue weighted by Crippen LogP contribution is -2.47. The van der Waals surface area contributed by atoms with Gasteiger partial charge in [0, 0.05) is 13.0 Å². The van der Waals surface area contributed by atoms with Crippen LogP contribution in [-0.2, 0) is 4.74 Å². The van der Waals surface area contributed by atoms with E-state index in [1.54, 1.807) is 7.11 Å². The molecule has 1 aromatic heterocycles. The zero-order chi connectivity index (χ0) is 12.5. The lowest BCUT2D eigenvalue weighted by molar-refractivity contribution is 0.0810. The average molecular weight is 238 g/mol. The summed E-state index contributed by atoms with van der Waals surface area (Å²) >= 11 is 0. The maximum Gasteiger partial charge on any atom is 0.291 e. The summed E-state index contributed by atoms with van der Waals surface area (Å²) in [6.45, 7) is 4.23. The second-order valence-electron chi connectivity index (χ2n) is 5.09. The minimum Gasteiger partial charge on any atom is -0.382 e. The molecule has 94 valence electrons. The quantitative estimate of drug-likeness (QED) is 0.796. The number of ether oxygens (including phenoxy) is 1. The molecule has 17 heavy (non-hydrogen) atoms. The third-order valence-corrected chi connectivity index (χ3v) is 2.63. The van der Waals surface area contributed by atoms with Crippen LogP contribution in [0.2, 0.25) is 0 Å².